The first-order valence-corrected chi connectivity index (χ1v) is 8.76. The highest BCUT2D eigenvalue weighted by Gasteiger charge is 2.11. The number of hydrogen-bond acceptors (Lipinski definition) is 3. The Labute approximate surface area is 148 Å². The number of fused-ring (bicyclic) bond motifs is 1. The summed E-state index contributed by atoms with van der Waals surface area (Å²) < 4.78 is 5.48. The SMILES string of the molecule is CCN(CC)Cc1ccc(OC(=O)Cc2c[nH]c3ccccc23)cc1. The summed E-state index contributed by atoms with van der Waals surface area (Å²) in [6.07, 6.45) is 2.13. The van der Waals surface area contributed by atoms with Crippen LogP contribution in [0.1, 0.15) is 25.0 Å². The lowest BCUT2D eigenvalue weighted by molar-refractivity contribution is -0.133. The predicted molar refractivity (Wildman–Crippen MR) is 101 cm³/mol. The molecule has 0 amide bonds. The highest BCUT2D eigenvalue weighted by molar-refractivity contribution is 5.87. The van der Waals surface area contributed by atoms with Crippen LogP contribution in [0.25, 0.3) is 10.9 Å². The summed E-state index contributed by atoms with van der Waals surface area (Å²) in [6, 6.07) is 15.7. The van der Waals surface area contributed by atoms with Crippen LogP contribution in [0.4, 0.5) is 0 Å². The van der Waals surface area contributed by atoms with Gasteiger partial charge in [-0.3, -0.25) is 9.69 Å². The van der Waals surface area contributed by atoms with E-state index in [1.54, 1.807) is 0 Å². The number of aromatic nitrogens is 1. The molecule has 0 saturated heterocycles. The van der Waals surface area contributed by atoms with Gasteiger partial charge in [0.15, 0.2) is 0 Å². The molecule has 3 rings (SSSR count). The van der Waals surface area contributed by atoms with E-state index >= 15 is 0 Å². The second kappa shape index (κ2) is 7.99. The van der Waals surface area contributed by atoms with Crippen molar-refractivity contribution in [2.75, 3.05) is 13.1 Å². The van der Waals surface area contributed by atoms with Crippen molar-refractivity contribution in [3.8, 4) is 5.75 Å². The van der Waals surface area contributed by atoms with Crippen LogP contribution < -0.4 is 4.74 Å². The summed E-state index contributed by atoms with van der Waals surface area (Å²) in [5.41, 5.74) is 3.21. The standard InChI is InChI=1S/C21H24N2O2/c1-3-23(4-2)15-16-9-11-18(12-10-16)25-21(24)13-17-14-22-20-8-6-5-7-19(17)20/h5-12,14,22H,3-4,13,15H2,1-2H3. The lowest BCUT2D eigenvalue weighted by Gasteiger charge is -2.18. The zero-order valence-electron chi connectivity index (χ0n) is 14.8. The molecule has 0 aliphatic carbocycles. The fourth-order valence-corrected chi connectivity index (χ4v) is 2.97. The van der Waals surface area contributed by atoms with Crippen LogP contribution in [-0.4, -0.2) is 28.9 Å². The van der Waals surface area contributed by atoms with E-state index < -0.39 is 0 Å². The van der Waals surface area contributed by atoms with Crippen LogP contribution in [0.2, 0.25) is 0 Å². The number of carbonyl (C=O) groups is 1. The zero-order valence-corrected chi connectivity index (χ0v) is 14.8. The molecule has 130 valence electrons. The second-order valence-electron chi connectivity index (χ2n) is 6.12. The van der Waals surface area contributed by atoms with Crippen LogP contribution in [0, 0.1) is 0 Å². The van der Waals surface area contributed by atoms with Gasteiger partial charge >= 0.3 is 5.97 Å². The summed E-state index contributed by atoms with van der Waals surface area (Å²) in [4.78, 5) is 17.8. The van der Waals surface area contributed by atoms with Crippen LogP contribution in [0.3, 0.4) is 0 Å². The minimum Gasteiger partial charge on any atom is -0.426 e. The quantitative estimate of drug-likeness (QED) is 0.520. The van der Waals surface area contributed by atoms with Crippen molar-refractivity contribution in [1.29, 1.82) is 0 Å². The summed E-state index contributed by atoms with van der Waals surface area (Å²) in [5, 5.41) is 1.06. The molecule has 0 fully saturated rings. The lowest BCUT2D eigenvalue weighted by Crippen LogP contribution is -2.22. The van der Waals surface area contributed by atoms with E-state index in [0.29, 0.717) is 5.75 Å². The van der Waals surface area contributed by atoms with Crippen molar-refractivity contribution in [3.63, 3.8) is 0 Å². The normalized spacial score (nSPS) is 11.2. The number of H-pyrrole nitrogens is 1. The molecule has 1 aromatic heterocycles. The topological polar surface area (TPSA) is 45.3 Å². The number of carbonyl (C=O) groups excluding carboxylic acids is 1. The molecule has 0 atom stereocenters. The van der Waals surface area contributed by atoms with Gasteiger partial charge in [0, 0.05) is 23.6 Å². The Morgan fingerprint density at radius 1 is 1.04 bits per heavy atom. The van der Waals surface area contributed by atoms with E-state index in [0.717, 1.165) is 36.1 Å². The third-order valence-corrected chi connectivity index (χ3v) is 4.47. The molecule has 0 unspecified atom stereocenters. The third-order valence-electron chi connectivity index (χ3n) is 4.47. The second-order valence-corrected chi connectivity index (χ2v) is 6.12. The largest absolute Gasteiger partial charge is 0.426 e. The molecule has 0 bridgehead atoms. The van der Waals surface area contributed by atoms with Gasteiger partial charge in [-0.2, -0.15) is 0 Å². The molecule has 0 radical (unpaired) electrons. The number of nitrogens with zero attached hydrogens (tertiary/aromatic N) is 1. The molecule has 0 spiro atoms. The highest BCUT2D eigenvalue weighted by Crippen LogP contribution is 2.19. The fraction of sp³-hybridized carbons (Fsp3) is 0.286. The maximum Gasteiger partial charge on any atom is 0.315 e. The number of para-hydroxylation sites is 1. The summed E-state index contributed by atoms with van der Waals surface area (Å²) >= 11 is 0. The Morgan fingerprint density at radius 2 is 1.76 bits per heavy atom. The number of aromatic amines is 1. The van der Waals surface area contributed by atoms with Gasteiger partial charge in [-0.25, -0.2) is 0 Å². The molecule has 4 heteroatoms. The summed E-state index contributed by atoms with van der Waals surface area (Å²) in [7, 11) is 0. The average Bonchev–Trinajstić information content (AvgIpc) is 3.04. The molecule has 3 aromatic rings. The van der Waals surface area contributed by atoms with Gasteiger partial charge in [0.2, 0.25) is 0 Å². The Balaban J connectivity index is 1.61. The highest BCUT2D eigenvalue weighted by atomic mass is 16.5. The van der Waals surface area contributed by atoms with Crippen LogP contribution in [0.5, 0.6) is 5.75 Å². The number of rotatable bonds is 7. The van der Waals surface area contributed by atoms with E-state index in [1.165, 1.54) is 5.56 Å². The first-order valence-electron chi connectivity index (χ1n) is 8.76. The average molecular weight is 336 g/mol. The van der Waals surface area contributed by atoms with Gasteiger partial charge in [0.05, 0.1) is 6.42 Å². The van der Waals surface area contributed by atoms with E-state index in [1.807, 2.05) is 54.7 Å². The molecule has 1 N–H and O–H groups in total. The minimum absolute atomic E-state index is 0.249. The fourth-order valence-electron chi connectivity index (χ4n) is 2.97. The Kier molecular flexibility index (Phi) is 5.51. The van der Waals surface area contributed by atoms with E-state index in [4.69, 9.17) is 4.74 Å². The van der Waals surface area contributed by atoms with Crippen LogP contribution in [-0.2, 0) is 17.8 Å². The molecule has 0 aliphatic rings. The van der Waals surface area contributed by atoms with E-state index in [2.05, 4.69) is 23.7 Å². The molecule has 0 saturated carbocycles. The maximum atomic E-state index is 12.2. The van der Waals surface area contributed by atoms with Gasteiger partial charge in [-0.15, -0.1) is 0 Å². The monoisotopic (exact) mass is 336 g/mol. The number of nitrogens with one attached hydrogen (secondary N) is 1. The summed E-state index contributed by atoms with van der Waals surface area (Å²) in [5.74, 6) is 0.342. The van der Waals surface area contributed by atoms with Gasteiger partial charge < -0.3 is 9.72 Å². The molecule has 4 nitrogen and oxygen atoms in total. The van der Waals surface area contributed by atoms with Crippen molar-refractivity contribution >= 4 is 16.9 Å². The molecular formula is C21H24N2O2. The molecule has 25 heavy (non-hydrogen) atoms. The third kappa shape index (κ3) is 4.28. The number of benzene rings is 2. The van der Waals surface area contributed by atoms with E-state index in [-0.39, 0.29) is 12.4 Å². The van der Waals surface area contributed by atoms with Crippen molar-refractivity contribution in [1.82, 2.24) is 9.88 Å². The maximum absolute atomic E-state index is 12.2. The van der Waals surface area contributed by atoms with Crippen molar-refractivity contribution in [2.24, 2.45) is 0 Å². The lowest BCUT2D eigenvalue weighted by atomic mass is 10.1. The van der Waals surface area contributed by atoms with Gasteiger partial charge in [0.1, 0.15) is 5.75 Å². The Morgan fingerprint density at radius 3 is 2.48 bits per heavy atom. The molecule has 2 aromatic carbocycles. The number of hydrogen-bond donors (Lipinski definition) is 1. The smallest absolute Gasteiger partial charge is 0.315 e. The minimum atomic E-state index is -0.249. The molecule has 0 aliphatic heterocycles. The van der Waals surface area contributed by atoms with Gasteiger partial charge in [-0.05, 0) is 42.4 Å². The Hall–Kier alpha value is -2.59. The summed E-state index contributed by atoms with van der Waals surface area (Å²) in [6.45, 7) is 7.28. The first-order chi connectivity index (χ1) is 12.2. The van der Waals surface area contributed by atoms with Gasteiger partial charge in [0.25, 0.3) is 0 Å². The first kappa shape index (κ1) is 17.2. The number of ether oxygens (including phenoxy) is 1. The van der Waals surface area contributed by atoms with Crippen molar-refractivity contribution < 1.29 is 9.53 Å². The molecular weight excluding hydrogens is 312 g/mol. The predicted octanol–water partition coefficient (Wildman–Crippen LogP) is 4.16. The Bertz CT molecular complexity index is 832. The number of esters is 1. The van der Waals surface area contributed by atoms with Crippen molar-refractivity contribution in [3.05, 3.63) is 65.9 Å². The van der Waals surface area contributed by atoms with Crippen LogP contribution >= 0.6 is 0 Å². The van der Waals surface area contributed by atoms with Gasteiger partial charge in [-0.1, -0.05) is 44.2 Å². The van der Waals surface area contributed by atoms with Crippen LogP contribution in [0.15, 0.2) is 54.7 Å². The van der Waals surface area contributed by atoms with E-state index in [9.17, 15) is 4.79 Å². The zero-order chi connectivity index (χ0) is 17.6. The molecule has 1 heterocycles. The van der Waals surface area contributed by atoms with Crippen molar-refractivity contribution in [2.45, 2.75) is 26.8 Å².